The monoisotopic (exact) mass is 191 g/mol. The average molecular weight is 191 g/mol. The first-order valence-electron chi connectivity index (χ1n) is 4.82. The van der Waals surface area contributed by atoms with Crippen molar-refractivity contribution in [1.29, 1.82) is 0 Å². The highest BCUT2D eigenvalue weighted by atomic mass is 16.5. The van der Waals surface area contributed by atoms with Crippen molar-refractivity contribution >= 4 is 11.8 Å². The zero-order valence-electron chi connectivity index (χ0n) is 8.95. The van der Waals surface area contributed by atoms with Crippen LogP contribution >= 0.6 is 0 Å². The molecule has 0 aliphatic carbocycles. The Labute approximate surface area is 85.4 Å². The van der Waals surface area contributed by atoms with Crippen molar-refractivity contribution in [3.8, 4) is 5.75 Å². The largest absolute Gasteiger partial charge is 0.490 e. The van der Waals surface area contributed by atoms with Crippen LogP contribution in [0.3, 0.4) is 0 Å². The van der Waals surface area contributed by atoms with Crippen LogP contribution in [-0.2, 0) is 0 Å². The lowest BCUT2D eigenvalue weighted by atomic mass is 10.1. The van der Waals surface area contributed by atoms with E-state index in [2.05, 4.69) is 0 Å². The van der Waals surface area contributed by atoms with Crippen molar-refractivity contribution < 1.29 is 4.74 Å². The minimum Gasteiger partial charge on any atom is -0.490 e. The van der Waals surface area contributed by atoms with E-state index in [1.165, 1.54) is 0 Å². The summed E-state index contributed by atoms with van der Waals surface area (Å²) in [5.41, 5.74) is 7.49. The number of ether oxygens (including phenoxy) is 1. The van der Waals surface area contributed by atoms with Crippen molar-refractivity contribution in [3.63, 3.8) is 0 Å². The predicted molar refractivity (Wildman–Crippen MR) is 61.3 cm³/mol. The standard InChI is InChI=1S/C12H17NO/c1-4-5-10-8-11(13)6-7-12(10)14-9(2)3/h4-9H,13H2,1-3H3. The van der Waals surface area contributed by atoms with Crippen molar-refractivity contribution in [2.45, 2.75) is 26.9 Å². The first-order valence-corrected chi connectivity index (χ1v) is 4.82. The molecule has 0 unspecified atom stereocenters. The van der Waals surface area contributed by atoms with Gasteiger partial charge in [-0.3, -0.25) is 0 Å². The minimum absolute atomic E-state index is 0.183. The van der Waals surface area contributed by atoms with E-state index in [1.54, 1.807) is 0 Å². The summed E-state index contributed by atoms with van der Waals surface area (Å²) >= 11 is 0. The number of benzene rings is 1. The minimum atomic E-state index is 0.183. The Morgan fingerprint density at radius 3 is 2.64 bits per heavy atom. The molecule has 0 radical (unpaired) electrons. The molecule has 0 heterocycles. The number of nitrogens with two attached hydrogens (primary N) is 1. The summed E-state index contributed by atoms with van der Waals surface area (Å²) in [5, 5.41) is 0. The molecule has 0 amide bonds. The van der Waals surface area contributed by atoms with E-state index in [0.717, 1.165) is 17.0 Å². The molecule has 0 saturated carbocycles. The van der Waals surface area contributed by atoms with Gasteiger partial charge >= 0.3 is 0 Å². The average Bonchev–Trinajstić information content (AvgIpc) is 2.09. The Hall–Kier alpha value is -1.44. The molecule has 1 aromatic rings. The lowest BCUT2D eigenvalue weighted by Gasteiger charge is -2.12. The first kappa shape index (κ1) is 10.6. The number of hydrogen-bond donors (Lipinski definition) is 1. The van der Waals surface area contributed by atoms with E-state index in [9.17, 15) is 0 Å². The van der Waals surface area contributed by atoms with Crippen LogP contribution in [0.1, 0.15) is 26.3 Å². The van der Waals surface area contributed by atoms with Gasteiger partial charge in [0.05, 0.1) is 6.10 Å². The molecule has 2 heteroatoms. The second-order valence-corrected chi connectivity index (χ2v) is 3.46. The van der Waals surface area contributed by atoms with Gasteiger partial charge in [-0.15, -0.1) is 0 Å². The van der Waals surface area contributed by atoms with Crippen molar-refractivity contribution in [2.24, 2.45) is 0 Å². The van der Waals surface area contributed by atoms with Crippen LogP contribution in [-0.4, -0.2) is 6.10 Å². The van der Waals surface area contributed by atoms with Crippen LogP contribution in [0.25, 0.3) is 6.08 Å². The fourth-order valence-corrected chi connectivity index (χ4v) is 1.24. The molecule has 14 heavy (non-hydrogen) atoms. The Morgan fingerprint density at radius 1 is 1.36 bits per heavy atom. The molecule has 0 bridgehead atoms. The van der Waals surface area contributed by atoms with Crippen LogP contribution in [0, 0.1) is 0 Å². The predicted octanol–water partition coefficient (Wildman–Crippen LogP) is 3.09. The Kier molecular flexibility index (Phi) is 3.57. The van der Waals surface area contributed by atoms with Gasteiger partial charge in [-0.05, 0) is 39.0 Å². The molecular formula is C12H17NO. The van der Waals surface area contributed by atoms with E-state index in [1.807, 2.05) is 51.1 Å². The van der Waals surface area contributed by atoms with Crippen molar-refractivity contribution in [2.75, 3.05) is 5.73 Å². The fraction of sp³-hybridized carbons (Fsp3) is 0.333. The molecule has 1 rings (SSSR count). The molecule has 0 saturated heterocycles. The van der Waals surface area contributed by atoms with Gasteiger partial charge in [0.2, 0.25) is 0 Å². The smallest absolute Gasteiger partial charge is 0.127 e. The van der Waals surface area contributed by atoms with E-state index in [4.69, 9.17) is 10.5 Å². The number of nitrogen functional groups attached to an aromatic ring is 1. The summed E-state index contributed by atoms with van der Waals surface area (Å²) in [5.74, 6) is 0.882. The fourth-order valence-electron chi connectivity index (χ4n) is 1.24. The molecular weight excluding hydrogens is 174 g/mol. The third kappa shape index (κ3) is 2.80. The van der Waals surface area contributed by atoms with Gasteiger partial charge in [-0.2, -0.15) is 0 Å². The van der Waals surface area contributed by atoms with Crippen LogP contribution in [0.2, 0.25) is 0 Å². The normalized spacial score (nSPS) is 11.1. The van der Waals surface area contributed by atoms with Gasteiger partial charge in [-0.25, -0.2) is 0 Å². The first-order chi connectivity index (χ1) is 6.63. The van der Waals surface area contributed by atoms with Crippen LogP contribution in [0.15, 0.2) is 24.3 Å². The van der Waals surface area contributed by atoms with E-state index in [-0.39, 0.29) is 6.10 Å². The molecule has 0 atom stereocenters. The van der Waals surface area contributed by atoms with Crippen LogP contribution < -0.4 is 10.5 Å². The maximum Gasteiger partial charge on any atom is 0.127 e. The topological polar surface area (TPSA) is 35.2 Å². The maximum absolute atomic E-state index is 5.70. The summed E-state index contributed by atoms with van der Waals surface area (Å²) in [6.45, 7) is 5.99. The zero-order chi connectivity index (χ0) is 10.6. The highest BCUT2D eigenvalue weighted by Gasteiger charge is 2.02. The SMILES string of the molecule is CC=Cc1cc(N)ccc1OC(C)C. The Bertz CT molecular complexity index is 329. The third-order valence-electron chi connectivity index (χ3n) is 1.74. The van der Waals surface area contributed by atoms with Crippen LogP contribution in [0.5, 0.6) is 5.75 Å². The molecule has 1 aromatic carbocycles. The maximum atomic E-state index is 5.70. The van der Waals surface area contributed by atoms with E-state index >= 15 is 0 Å². The molecule has 0 aromatic heterocycles. The van der Waals surface area contributed by atoms with Crippen molar-refractivity contribution in [1.82, 2.24) is 0 Å². The molecule has 0 aliphatic rings. The summed E-state index contributed by atoms with van der Waals surface area (Å²) in [4.78, 5) is 0. The summed E-state index contributed by atoms with van der Waals surface area (Å²) in [7, 11) is 0. The molecule has 0 spiro atoms. The number of allylic oxidation sites excluding steroid dienone is 1. The van der Waals surface area contributed by atoms with E-state index in [0.29, 0.717) is 0 Å². The third-order valence-corrected chi connectivity index (χ3v) is 1.74. The number of anilines is 1. The Balaban J connectivity index is 3.01. The van der Waals surface area contributed by atoms with Gasteiger partial charge < -0.3 is 10.5 Å². The lowest BCUT2D eigenvalue weighted by Crippen LogP contribution is -2.06. The summed E-state index contributed by atoms with van der Waals surface area (Å²) in [6, 6.07) is 5.67. The van der Waals surface area contributed by atoms with Gasteiger partial charge in [0.25, 0.3) is 0 Å². The summed E-state index contributed by atoms with van der Waals surface area (Å²) in [6.07, 6.45) is 4.15. The quantitative estimate of drug-likeness (QED) is 0.745. The second-order valence-electron chi connectivity index (χ2n) is 3.46. The molecule has 2 nitrogen and oxygen atoms in total. The van der Waals surface area contributed by atoms with Crippen LogP contribution in [0.4, 0.5) is 5.69 Å². The number of rotatable bonds is 3. The van der Waals surface area contributed by atoms with Gasteiger partial charge in [0.15, 0.2) is 0 Å². The molecule has 0 fully saturated rings. The second kappa shape index (κ2) is 4.70. The van der Waals surface area contributed by atoms with Crippen molar-refractivity contribution in [3.05, 3.63) is 29.8 Å². The number of hydrogen-bond acceptors (Lipinski definition) is 2. The highest BCUT2D eigenvalue weighted by Crippen LogP contribution is 2.23. The molecule has 2 N–H and O–H groups in total. The van der Waals surface area contributed by atoms with Gasteiger partial charge in [0, 0.05) is 11.3 Å². The van der Waals surface area contributed by atoms with Gasteiger partial charge in [0.1, 0.15) is 5.75 Å². The highest BCUT2D eigenvalue weighted by molar-refractivity contribution is 5.62. The molecule has 0 aliphatic heterocycles. The van der Waals surface area contributed by atoms with Gasteiger partial charge in [-0.1, -0.05) is 12.2 Å². The van der Waals surface area contributed by atoms with E-state index < -0.39 is 0 Å². The Morgan fingerprint density at radius 2 is 2.07 bits per heavy atom. The lowest BCUT2D eigenvalue weighted by molar-refractivity contribution is 0.242. The summed E-state index contributed by atoms with van der Waals surface area (Å²) < 4.78 is 5.65. The molecule has 76 valence electrons. The zero-order valence-corrected chi connectivity index (χ0v) is 8.95.